The molecule has 12 heteroatoms. The summed E-state index contributed by atoms with van der Waals surface area (Å²) >= 11 is 6.08. The highest BCUT2D eigenvalue weighted by Gasteiger charge is 2.38. The topological polar surface area (TPSA) is 98.7 Å². The van der Waals surface area contributed by atoms with Crippen molar-refractivity contribution in [1.82, 2.24) is 25.1 Å². The molecule has 2 fully saturated rings. The van der Waals surface area contributed by atoms with Gasteiger partial charge in [-0.25, -0.2) is 0 Å². The third-order valence-electron chi connectivity index (χ3n) is 10.3. The minimum absolute atomic E-state index is 0. The van der Waals surface area contributed by atoms with Crippen LogP contribution in [-0.2, 0) is 15.8 Å². The lowest BCUT2D eigenvalue weighted by molar-refractivity contribution is -0.126. The second kappa shape index (κ2) is 19.6. The Morgan fingerprint density at radius 3 is 2.12 bits per heavy atom. The minimum atomic E-state index is -0.838. The summed E-state index contributed by atoms with van der Waals surface area (Å²) in [6, 6.07) is 27.4. The first-order valence-corrected chi connectivity index (χ1v) is 17.4. The number of rotatable bonds is 11. The largest absolute Gasteiger partial charge is 0.385 e. The monoisotopic (exact) mass is 773 g/mol. The Morgan fingerprint density at radius 2 is 1.49 bits per heavy atom. The molecule has 2 aliphatic heterocycles. The molecule has 6 rings (SSSR count). The van der Waals surface area contributed by atoms with Gasteiger partial charge in [0.1, 0.15) is 0 Å². The molecule has 274 valence electrons. The number of hydrogen-bond acceptors (Lipinski definition) is 6. The summed E-state index contributed by atoms with van der Waals surface area (Å²) < 4.78 is 0. The average Bonchev–Trinajstić information content (AvgIpc) is 3.15. The predicted molar refractivity (Wildman–Crippen MR) is 209 cm³/mol. The SMILES string of the molecule is Cl.Cl.Cl.O=C(NCC(CCCN1CCC(O)(c2ccc(Cl)cc2)CC1)(c1ccccc1)c1ccccn1)C1CCN(C(=O)c2ccncc2)CC1. The van der Waals surface area contributed by atoms with Gasteiger partial charge in [0, 0.05) is 67.8 Å². The molecule has 0 saturated carbocycles. The first-order valence-electron chi connectivity index (χ1n) is 17.0. The van der Waals surface area contributed by atoms with Crippen molar-refractivity contribution in [3.8, 4) is 0 Å². The van der Waals surface area contributed by atoms with Gasteiger partial charge in [-0.1, -0.05) is 60.1 Å². The van der Waals surface area contributed by atoms with Gasteiger partial charge in [0.2, 0.25) is 5.91 Å². The van der Waals surface area contributed by atoms with Crippen molar-refractivity contribution in [3.05, 3.63) is 131 Å². The van der Waals surface area contributed by atoms with Crippen LogP contribution in [0.2, 0.25) is 5.02 Å². The van der Waals surface area contributed by atoms with Crippen molar-refractivity contribution in [2.45, 2.75) is 49.5 Å². The number of pyridine rings is 2. The lowest BCUT2D eigenvalue weighted by Crippen LogP contribution is -2.47. The highest BCUT2D eigenvalue weighted by Crippen LogP contribution is 2.37. The van der Waals surface area contributed by atoms with Gasteiger partial charge < -0.3 is 20.2 Å². The number of likely N-dealkylation sites (tertiary alicyclic amines) is 2. The lowest BCUT2D eigenvalue weighted by atomic mass is 9.73. The van der Waals surface area contributed by atoms with Crippen LogP contribution in [0.4, 0.5) is 0 Å². The molecule has 4 heterocycles. The Morgan fingerprint density at radius 1 is 0.843 bits per heavy atom. The number of hydrogen-bond donors (Lipinski definition) is 2. The van der Waals surface area contributed by atoms with Crippen LogP contribution in [0.3, 0.4) is 0 Å². The number of aromatic nitrogens is 2. The summed E-state index contributed by atoms with van der Waals surface area (Å²) in [6.07, 6.45) is 9.37. The van der Waals surface area contributed by atoms with Crippen molar-refractivity contribution < 1.29 is 14.7 Å². The smallest absolute Gasteiger partial charge is 0.253 e. The van der Waals surface area contributed by atoms with Crippen molar-refractivity contribution >= 4 is 60.6 Å². The van der Waals surface area contributed by atoms with E-state index in [9.17, 15) is 14.7 Å². The molecule has 0 aliphatic carbocycles. The molecule has 2 N–H and O–H groups in total. The third kappa shape index (κ3) is 10.2. The molecule has 0 spiro atoms. The van der Waals surface area contributed by atoms with Crippen LogP contribution >= 0.6 is 48.8 Å². The van der Waals surface area contributed by atoms with Crippen molar-refractivity contribution in [1.29, 1.82) is 0 Å². The van der Waals surface area contributed by atoms with Crippen LogP contribution in [0.25, 0.3) is 0 Å². The van der Waals surface area contributed by atoms with Crippen LogP contribution in [-0.4, -0.2) is 76.0 Å². The fraction of sp³-hybridized carbons (Fsp3) is 0.385. The number of carbonyl (C=O) groups is 2. The predicted octanol–water partition coefficient (Wildman–Crippen LogP) is 7.11. The maximum Gasteiger partial charge on any atom is 0.253 e. The molecule has 2 saturated heterocycles. The molecule has 2 aromatic heterocycles. The zero-order valence-electron chi connectivity index (χ0n) is 28.5. The molecule has 51 heavy (non-hydrogen) atoms. The summed E-state index contributed by atoms with van der Waals surface area (Å²) in [5.74, 6) is -0.144. The second-order valence-electron chi connectivity index (χ2n) is 13.2. The number of nitrogens with zero attached hydrogens (tertiary/aromatic N) is 4. The quantitative estimate of drug-likeness (QED) is 0.169. The molecule has 2 aromatic carbocycles. The number of benzene rings is 2. The molecule has 0 radical (unpaired) electrons. The third-order valence-corrected chi connectivity index (χ3v) is 10.5. The van der Waals surface area contributed by atoms with Crippen molar-refractivity contribution in [2.75, 3.05) is 39.3 Å². The Hall–Kier alpha value is -3.24. The van der Waals surface area contributed by atoms with Crippen LogP contribution in [0.1, 0.15) is 65.7 Å². The Kier molecular flexibility index (Phi) is 16.2. The maximum absolute atomic E-state index is 13.7. The van der Waals surface area contributed by atoms with E-state index in [-0.39, 0.29) is 55.0 Å². The number of nitrogens with one attached hydrogen (secondary N) is 1. The van der Waals surface area contributed by atoms with E-state index in [1.807, 2.05) is 65.7 Å². The van der Waals surface area contributed by atoms with E-state index in [0.717, 1.165) is 49.3 Å². The zero-order chi connectivity index (χ0) is 33.4. The molecule has 1 atom stereocenters. The van der Waals surface area contributed by atoms with Crippen LogP contribution in [0, 0.1) is 5.92 Å². The average molecular weight is 776 g/mol. The van der Waals surface area contributed by atoms with Gasteiger partial charge in [0.05, 0.1) is 16.7 Å². The fourth-order valence-electron chi connectivity index (χ4n) is 7.31. The summed E-state index contributed by atoms with van der Waals surface area (Å²) in [6.45, 7) is 4.02. The van der Waals surface area contributed by atoms with Gasteiger partial charge in [-0.2, -0.15) is 0 Å². The van der Waals surface area contributed by atoms with Gasteiger partial charge in [-0.05, 0) is 92.6 Å². The zero-order valence-corrected chi connectivity index (χ0v) is 31.7. The number of carbonyl (C=O) groups excluding carboxylic acids is 2. The Labute approximate surface area is 324 Å². The van der Waals surface area contributed by atoms with E-state index in [1.54, 1.807) is 24.5 Å². The number of piperidine rings is 2. The summed E-state index contributed by atoms with van der Waals surface area (Å²) in [7, 11) is 0. The second-order valence-corrected chi connectivity index (χ2v) is 13.6. The highest BCUT2D eigenvalue weighted by molar-refractivity contribution is 6.30. The normalized spacial score (nSPS) is 17.1. The van der Waals surface area contributed by atoms with Gasteiger partial charge in [-0.3, -0.25) is 19.6 Å². The molecule has 1 unspecified atom stereocenters. The Bertz CT molecular complexity index is 1600. The molecule has 0 bridgehead atoms. The molecule has 2 amide bonds. The van der Waals surface area contributed by atoms with Crippen molar-refractivity contribution in [3.63, 3.8) is 0 Å². The van der Waals surface area contributed by atoms with Crippen LogP contribution < -0.4 is 5.32 Å². The summed E-state index contributed by atoms with van der Waals surface area (Å²) in [5.41, 5.74) is 2.25. The van der Waals surface area contributed by atoms with Crippen molar-refractivity contribution in [2.24, 2.45) is 5.92 Å². The van der Waals surface area contributed by atoms with Gasteiger partial charge >= 0.3 is 0 Å². The van der Waals surface area contributed by atoms with Gasteiger partial charge in [-0.15, -0.1) is 37.2 Å². The van der Waals surface area contributed by atoms with E-state index >= 15 is 0 Å². The van der Waals surface area contributed by atoms with E-state index in [4.69, 9.17) is 16.6 Å². The van der Waals surface area contributed by atoms with E-state index in [1.165, 1.54) is 0 Å². The minimum Gasteiger partial charge on any atom is -0.385 e. The summed E-state index contributed by atoms with van der Waals surface area (Å²) in [4.78, 5) is 39.7. The molecule has 4 aromatic rings. The molecule has 2 aliphatic rings. The van der Waals surface area contributed by atoms with Gasteiger partial charge in [0.25, 0.3) is 5.91 Å². The van der Waals surface area contributed by atoms with Gasteiger partial charge in [0.15, 0.2) is 0 Å². The molecule has 8 nitrogen and oxygen atoms in total. The standard InChI is InChI=1S/C39H44ClN5O3.3ClH/c40-34-12-10-33(11-13-34)39(48)19-27-44(28-20-39)24-6-18-38(32-7-2-1-3-8-32,35-9-4-5-21-42-35)29-43-36(46)30-16-25-45(26-17-30)37(47)31-14-22-41-23-15-31;;;/h1-5,7-15,21-23,30,48H,6,16-20,24-29H2,(H,43,46);3*1H. The first kappa shape index (κ1) is 42.2. The van der Waals surface area contributed by atoms with E-state index < -0.39 is 11.0 Å². The highest BCUT2D eigenvalue weighted by atomic mass is 35.5. The van der Waals surface area contributed by atoms with Crippen LogP contribution in [0.15, 0.2) is 104 Å². The van der Waals surface area contributed by atoms with E-state index in [2.05, 4.69) is 33.4 Å². The van der Waals surface area contributed by atoms with E-state index in [0.29, 0.717) is 55.9 Å². The lowest BCUT2D eigenvalue weighted by Gasteiger charge is -2.40. The van der Waals surface area contributed by atoms with Crippen LogP contribution in [0.5, 0.6) is 0 Å². The molecular formula is C39H47Cl4N5O3. The fourth-order valence-corrected chi connectivity index (χ4v) is 7.43. The number of aliphatic hydroxyl groups is 1. The Balaban J connectivity index is 0.00000234. The first-order chi connectivity index (χ1) is 23.4. The maximum atomic E-state index is 13.7. The number of amides is 2. The molecular weight excluding hydrogens is 728 g/mol. The number of halogens is 4. The summed E-state index contributed by atoms with van der Waals surface area (Å²) in [5, 5.41) is 15.4.